The molecule has 2 aromatic rings. The van der Waals surface area contributed by atoms with Crippen LogP contribution in [0.15, 0.2) is 73.8 Å². The van der Waals surface area contributed by atoms with Crippen LogP contribution in [0.4, 0.5) is 0 Å². The first-order chi connectivity index (χ1) is 27.4. The predicted octanol–water partition coefficient (Wildman–Crippen LogP) is 11.6. The highest BCUT2D eigenvalue weighted by molar-refractivity contribution is 5.81. The predicted molar refractivity (Wildman–Crippen MR) is 222 cm³/mol. The molecule has 0 unspecified atom stereocenters. The minimum absolute atomic E-state index is 0.202. The van der Waals surface area contributed by atoms with E-state index < -0.39 is 0 Å². The van der Waals surface area contributed by atoms with Crippen LogP contribution in [-0.2, 0) is 41.5 Å². The molecule has 2 aromatic carbocycles. The maximum Gasteiger partial charge on any atom is 0.330 e. The summed E-state index contributed by atoms with van der Waals surface area (Å²) in [5, 5.41) is 0. The quantitative estimate of drug-likeness (QED) is 0.0334. The molecule has 56 heavy (non-hydrogen) atoms. The normalized spacial score (nSPS) is 15.1. The summed E-state index contributed by atoms with van der Waals surface area (Å²) in [4.78, 5) is 47.9. The van der Waals surface area contributed by atoms with Crippen molar-refractivity contribution in [2.75, 3.05) is 13.2 Å². The molecule has 0 atom stereocenters. The molecule has 0 amide bonds. The molecule has 0 N–H and O–H groups in total. The number of unbranched alkanes of at least 4 members (excludes halogenated alkanes) is 16. The third-order valence-electron chi connectivity index (χ3n) is 10.7. The fraction of sp³-hybridized carbons (Fsp3) is 0.583. The van der Waals surface area contributed by atoms with Gasteiger partial charge in [0.2, 0.25) is 0 Å². The van der Waals surface area contributed by atoms with Crippen LogP contribution in [0, 0.1) is 11.8 Å². The Morgan fingerprint density at radius 2 is 0.732 bits per heavy atom. The van der Waals surface area contributed by atoms with E-state index in [0.717, 1.165) is 51.4 Å². The third-order valence-corrected chi connectivity index (χ3v) is 10.7. The van der Waals surface area contributed by atoms with Gasteiger partial charge in [-0.3, -0.25) is 9.59 Å². The topological polar surface area (TPSA) is 105 Å². The summed E-state index contributed by atoms with van der Waals surface area (Å²) in [6.07, 6.45) is 28.0. The molecule has 0 aromatic heterocycles. The van der Waals surface area contributed by atoms with Gasteiger partial charge in [0.05, 0.1) is 25.0 Å². The smallest absolute Gasteiger partial charge is 0.330 e. The van der Waals surface area contributed by atoms with E-state index >= 15 is 0 Å². The van der Waals surface area contributed by atoms with E-state index in [9.17, 15) is 19.2 Å². The van der Waals surface area contributed by atoms with Crippen LogP contribution in [0.3, 0.4) is 0 Å². The first-order valence-electron chi connectivity index (χ1n) is 21.6. The van der Waals surface area contributed by atoms with Crippen LogP contribution in [0.2, 0.25) is 0 Å². The van der Waals surface area contributed by atoms with Crippen molar-refractivity contribution in [1.82, 2.24) is 0 Å². The Balaban J connectivity index is 1.18. The maximum atomic E-state index is 12.9. The molecular formula is C48H68O8. The third kappa shape index (κ3) is 20.6. The van der Waals surface area contributed by atoms with Crippen molar-refractivity contribution in [3.05, 3.63) is 85.0 Å². The number of hydrogen-bond donors (Lipinski definition) is 0. The summed E-state index contributed by atoms with van der Waals surface area (Å²) in [7, 11) is 0. The lowest BCUT2D eigenvalue weighted by Gasteiger charge is -2.25. The van der Waals surface area contributed by atoms with Crippen molar-refractivity contribution in [3.8, 4) is 11.5 Å². The molecule has 1 aliphatic rings. The van der Waals surface area contributed by atoms with Crippen molar-refractivity contribution in [1.29, 1.82) is 0 Å². The minimum atomic E-state index is -0.341. The van der Waals surface area contributed by atoms with E-state index in [0.29, 0.717) is 50.4 Å². The molecule has 8 nitrogen and oxygen atoms in total. The number of aryl methyl sites for hydroxylation is 2. The SMILES string of the molecule is C=CC(=O)OCCCCCCCCCCCc1ccc(OC(=O)C2CCC(C(=O)Oc3ccc(CCCCCCCCCCCOC(=O)C=C)cc3)CC2)cc1. The Morgan fingerprint density at radius 3 is 1.04 bits per heavy atom. The first kappa shape index (κ1) is 46.2. The molecule has 0 aliphatic heterocycles. The number of hydrogen-bond acceptors (Lipinski definition) is 8. The molecule has 1 fully saturated rings. The summed E-state index contributed by atoms with van der Waals surface area (Å²) in [6.45, 7) is 7.77. The number of ether oxygens (including phenoxy) is 4. The van der Waals surface area contributed by atoms with Crippen LogP contribution in [0.25, 0.3) is 0 Å². The number of carbonyl (C=O) groups excluding carboxylic acids is 4. The second-order valence-corrected chi connectivity index (χ2v) is 15.3. The molecule has 308 valence electrons. The minimum Gasteiger partial charge on any atom is -0.463 e. The fourth-order valence-electron chi connectivity index (χ4n) is 7.21. The molecule has 3 rings (SSSR count). The summed E-state index contributed by atoms with van der Waals surface area (Å²) < 4.78 is 21.4. The zero-order valence-corrected chi connectivity index (χ0v) is 34.0. The van der Waals surface area contributed by atoms with Gasteiger partial charge >= 0.3 is 23.9 Å². The van der Waals surface area contributed by atoms with Gasteiger partial charge in [-0.15, -0.1) is 0 Å². The van der Waals surface area contributed by atoms with Crippen molar-refractivity contribution >= 4 is 23.9 Å². The second kappa shape index (κ2) is 29.1. The lowest BCUT2D eigenvalue weighted by atomic mass is 9.82. The molecule has 1 aliphatic carbocycles. The highest BCUT2D eigenvalue weighted by Crippen LogP contribution is 2.31. The lowest BCUT2D eigenvalue weighted by Crippen LogP contribution is -2.30. The van der Waals surface area contributed by atoms with Crippen molar-refractivity contribution < 1.29 is 38.1 Å². The monoisotopic (exact) mass is 772 g/mol. The largest absolute Gasteiger partial charge is 0.463 e. The summed E-state index contributed by atoms with van der Waals surface area (Å²) in [6, 6.07) is 15.8. The van der Waals surface area contributed by atoms with Crippen molar-refractivity contribution in [2.24, 2.45) is 11.8 Å². The van der Waals surface area contributed by atoms with E-state index in [1.165, 1.54) is 100 Å². The molecular weight excluding hydrogens is 705 g/mol. The Labute approximate surface area is 336 Å². The zero-order chi connectivity index (χ0) is 40.1. The van der Waals surface area contributed by atoms with Gasteiger partial charge in [-0.1, -0.05) is 127 Å². The van der Waals surface area contributed by atoms with Gasteiger partial charge in [-0.05, 0) is 99.6 Å². The molecule has 0 saturated heterocycles. The van der Waals surface area contributed by atoms with Gasteiger partial charge in [0.25, 0.3) is 0 Å². The van der Waals surface area contributed by atoms with Gasteiger partial charge < -0.3 is 18.9 Å². The average molecular weight is 773 g/mol. The van der Waals surface area contributed by atoms with E-state index in [1.54, 1.807) is 0 Å². The highest BCUT2D eigenvalue weighted by Gasteiger charge is 2.32. The van der Waals surface area contributed by atoms with Crippen molar-refractivity contribution in [2.45, 2.75) is 154 Å². The Hall–Kier alpha value is -4.20. The summed E-state index contributed by atoms with van der Waals surface area (Å²) >= 11 is 0. The zero-order valence-electron chi connectivity index (χ0n) is 34.0. The standard InChI is InChI=1S/C48H68O8/c1-3-45(49)53-37-21-17-13-9-5-7-11-15-19-23-39-25-33-43(34-26-39)55-47(51)41-29-31-42(32-30-41)48(52)56-44-35-27-40(28-36-44)24-20-16-12-8-6-10-14-18-22-38-54-46(50)4-2/h3-4,25-28,33-36,41-42H,1-2,5-24,29-32,37-38H2. The van der Waals surface area contributed by atoms with Crippen LogP contribution in [0.1, 0.15) is 152 Å². The Kier molecular flexibility index (Phi) is 24.0. The number of benzene rings is 2. The van der Waals surface area contributed by atoms with Gasteiger partial charge in [0, 0.05) is 12.2 Å². The number of esters is 4. The van der Waals surface area contributed by atoms with E-state index in [-0.39, 0.29) is 35.7 Å². The fourth-order valence-corrected chi connectivity index (χ4v) is 7.21. The Bertz CT molecular complexity index is 1310. The van der Waals surface area contributed by atoms with E-state index in [4.69, 9.17) is 18.9 Å². The van der Waals surface area contributed by atoms with Crippen LogP contribution < -0.4 is 9.47 Å². The van der Waals surface area contributed by atoms with Crippen LogP contribution >= 0.6 is 0 Å². The van der Waals surface area contributed by atoms with Crippen LogP contribution in [0.5, 0.6) is 11.5 Å². The Morgan fingerprint density at radius 1 is 0.446 bits per heavy atom. The second-order valence-electron chi connectivity index (χ2n) is 15.3. The van der Waals surface area contributed by atoms with Gasteiger partial charge in [-0.25, -0.2) is 9.59 Å². The lowest BCUT2D eigenvalue weighted by molar-refractivity contribution is -0.145. The molecule has 0 heterocycles. The molecule has 0 radical (unpaired) electrons. The highest BCUT2D eigenvalue weighted by atomic mass is 16.5. The first-order valence-corrected chi connectivity index (χ1v) is 21.6. The average Bonchev–Trinajstić information content (AvgIpc) is 3.22. The van der Waals surface area contributed by atoms with Gasteiger partial charge in [-0.2, -0.15) is 0 Å². The van der Waals surface area contributed by atoms with Crippen LogP contribution in [-0.4, -0.2) is 37.1 Å². The van der Waals surface area contributed by atoms with E-state index in [1.807, 2.05) is 24.3 Å². The number of rotatable bonds is 30. The molecule has 1 saturated carbocycles. The van der Waals surface area contributed by atoms with Gasteiger partial charge in [0.15, 0.2) is 0 Å². The molecule has 8 heteroatoms. The maximum absolute atomic E-state index is 12.9. The summed E-state index contributed by atoms with van der Waals surface area (Å²) in [5.74, 6) is -0.361. The molecule has 0 bridgehead atoms. The number of carbonyl (C=O) groups is 4. The molecule has 0 spiro atoms. The summed E-state index contributed by atoms with van der Waals surface area (Å²) in [5.41, 5.74) is 2.51. The van der Waals surface area contributed by atoms with Gasteiger partial charge in [0.1, 0.15) is 11.5 Å². The van der Waals surface area contributed by atoms with E-state index in [2.05, 4.69) is 37.4 Å². The van der Waals surface area contributed by atoms with Crippen molar-refractivity contribution in [3.63, 3.8) is 0 Å².